The summed E-state index contributed by atoms with van der Waals surface area (Å²) in [6, 6.07) is 8.41. The highest BCUT2D eigenvalue weighted by molar-refractivity contribution is 7.91. The molecule has 5 nitrogen and oxygen atoms in total. The van der Waals surface area contributed by atoms with Crippen molar-refractivity contribution in [1.82, 2.24) is 5.32 Å². The molecular formula is C11H17N3O2S. The van der Waals surface area contributed by atoms with Crippen molar-refractivity contribution in [1.29, 1.82) is 5.41 Å². The van der Waals surface area contributed by atoms with E-state index in [4.69, 9.17) is 11.1 Å². The third-order valence-electron chi connectivity index (χ3n) is 2.26. The van der Waals surface area contributed by atoms with Gasteiger partial charge >= 0.3 is 0 Å². The van der Waals surface area contributed by atoms with Gasteiger partial charge in [-0.15, -0.1) is 0 Å². The van der Waals surface area contributed by atoms with Crippen molar-refractivity contribution in [3.63, 3.8) is 0 Å². The molecule has 0 bridgehead atoms. The lowest BCUT2D eigenvalue weighted by Gasteiger charge is -2.05. The van der Waals surface area contributed by atoms with E-state index < -0.39 is 9.84 Å². The van der Waals surface area contributed by atoms with E-state index >= 15 is 0 Å². The zero-order valence-corrected chi connectivity index (χ0v) is 10.3. The predicted octanol–water partition coefficient (Wildman–Crippen LogP) is 0.724. The molecular weight excluding hydrogens is 238 g/mol. The number of sulfone groups is 1. The van der Waals surface area contributed by atoms with Crippen LogP contribution in [0.15, 0.2) is 35.2 Å². The van der Waals surface area contributed by atoms with Gasteiger partial charge in [0.2, 0.25) is 0 Å². The van der Waals surface area contributed by atoms with Gasteiger partial charge in [-0.3, -0.25) is 5.41 Å². The first kappa shape index (κ1) is 13.5. The molecule has 0 aliphatic carbocycles. The van der Waals surface area contributed by atoms with E-state index in [1.54, 1.807) is 30.3 Å². The lowest BCUT2D eigenvalue weighted by atomic mass is 10.3. The monoisotopic (exact) mass is 255 g/mol. The Hall–Kier alpha value is -1.56. The summed E-state index contributed by atoms with van der Waals surface area (Å²) in [5.74, 6) is 0.0345. The Balaban J connectivity index is 2.39. The number of hydrogen-bond acceptors (Lipinski definition) is 3. The van der Waals surface area contributed by atoms with E-state index in [0.717, 1.165) is 0 Å². The summed E-state index contributed by atoms with van der Waals surface area (Å²) in [4.78, 5) is 0.361. The van der Waals surface area contributed by atoms with Crippen LogP contribution in [0.1, 0.15) is 12.8 Å². The van der Waals surface area contributed by atoms with Crippen LogP contribution in [-0.2, 0) is 9.84 Å². The van der Waals surface area contributed by atoms with Gasteiger partial charge in [-0.05, 0) is 25.0 Å². The Morgan fingerprint density at radius 1 is 1.24 bits per heavy atom. The summed E-state index contributed by atoms with van der Waals surface area (Å²) in [5.41, 5.74) is 5.11. The molecule has 0 radical (unpaired) electrons. The maximum atomic E-state index is 11.8. The average molecular weight is 255 g/mol. The zero-order valence-electron chi connectivity index (χ0n) is 9.52. The molecule has 1 aromatic carbocycles. The van der Waals surface area contributed by atoms with Crippen LogP contribution in [0.4, 0.5) is 0 Å². The summed E-state index contributed by atoms with van der Waals surface area (Å²) in [6.07, 6.45) is 1.23. The van der Waals surface area contributed by atoms with Crippen LogP contribution in [0.3, 0.4) is 0 Å². The minimum Gasteiger partial charge on any atom is -0.370 e. The van der Waals surface area contributed by atoms with Crippen molar-refractivity contribution < 1.29 is 8.42 Å². The molecule has 0 heterocycles. The van der Waals surface area contributed by atoms with Gasteiger partial charge in [-0.25, -0.2) is 8.42 Å². The highest BCUT2D eigenvalue weighted by Crippen LogP contribution is 2.11. The van der Waals surface area contributed by atoms with E-state index in [1.807, 2.05) is 0 Å². The smallest absolute Gasteiger partial charge is 0.185 e. The molecule has 4 N–H and O–H groups in total. The van der Waals surface area contributed by atoms with Crippen LogP contribution in [0.5, 0.6) is 0 Å². The molecule has 0 saturated heterocycles. The first-order valence-electron chi connectivity index (χ1n) is 5.38. The van der Waals surface area contributed by atoms with E-state index in [2.05, 4.69) is 5.32 Å². The Kier molecular flexibility index (Phi) is 4.96. The molecule has 0 amide bonds. The number of unbranched alkanes of at least 4 members (excludes halogenated alkanes) is 1. The molecule has 94 valence electrons. The first-order chi connectivity index (χ1) is 8.02. The Labute approximate surface area is 101 Å². The SMILES string of the molecule is N=C(N)NCCCCS(=O)(=O)c1ccccc1. The molecule has 0 fully saturated rings. The van der Waals surface area contributed by atoms with Gasteiger partial charge in [0.25, 0.3) is 0 Å². The highest BCUT2D eigenvalue weighted by Gasteiger charge is 2.12. The Morgan fingerprint density at radius 3 is 2.47 bits per heavy atom. The van der Waals surface area contributed by atoms with Crippen molar-refractivity contribution in [3.05, 3.63) is 30.3 Å². The quantitative estimate of drug-likeness (QED) is 0.396. The highest BCUT2D eigenvalue weighted by atomic mass is 32.2. The van der Waals surface area contributed by atoms with E-state index in [-0.39, 0.29) is 11.7 Å². The molecule has 0 aliphatic heterocycles. The lowest BCUT2D eigenvalue weighted by molar-refractivity contribution is 0.591. The summed E-state index contributed by atoms with van der Waals surface area (Å²) in [7, 11) is -3.17. The number of rotatable bonds is 6. The van der Waals surface area contributed by atoms with Crippen LogP contribution < -0.4 is 11.1 Å². The second-order valence-corrected chi connectivity index (χ2v) is 5.79. The Bertz CT molecular complexity index is 457. The average Bonchev–Trinajstić information content (AvgIpc) is 2.29. The normalized spacial score (nSPS) is 11.1. The van der Waals surface area contributed by atoms with Crippen molar-refractivity contribution >= 4 is 15.8 Å². The molecule has 0 unspecified atom stereocenters. The third kappa shape index (κ3) is 4.86. The van der Waals surface area contributed by atoms with Crippen LogP contribution in [-0.4, -0.2) is 26.7 Å². The topological polar surface area (TPSA) is 96.0 Å². The molecule has 6 heteroatoms. The van der Waals surface area contributed by atoms with E-state index in [1.165, 1.54) is 0 Å². The van der Waals surface area contributed by atoms with Gasteiger partial charge in [-0.1, -0.05) is 18.2 Å². The fraction of sp³-hybridized carbons (Fsp3) is 0.364. The molecule has 1 rings (SSSR count). The summed E-state index contributed by atoms with van der Waals surface area (Å²) >= 11 is 0. The number of guanidine groups is 1. The van der Waals surface area contributed by atoms with E-state index in [9.17, 15) is 8.42 Å². The second-order valence-electron chi connectivity index (χ2n) is 3.68. The zero-order chi connectivity index (χ0) is 12.7. The van der Waals surface area contributed by atoms with Crippen molar-refractivity contribution in [2.75, 3.05) is 12.3 Å². The lowest BCUT2D eigenvalue weighted by Crippen LogP contribution is -2.31. The van der Waals surface area contributed by atoms with Crippen molar-refractivity contribution in [2.45, 2.75) is 17.7 Å². The first-order valence-corrected chi connectivity index (χ1v) is 7.03. The van der Waals surface area contributed by atoms with Crippen LogP contribution in [0.2, 0.25) is 0 Å². The van der Waals surface area contributed by atoms with Gasteiger partial charge < -0.3 is 11.1 Å². The standard InChI is InChI=1S/C11H17N3O2S/c12-11(13)14-8-4-5-9-17(15,16)10-6-2-1-3-7-10/h1-3,6-7H,4-5,8-9H2,(H4,12,13,14). The molecule has 0 aliphatic rings. The van der Waals surface area contributed by atoms with E-state index in [0.29, 0.717) is 24.3 Å². The van der Waals surface area contributed by atoms with Crippen molar-refractivity contribution in [3.8, 4) is 0 Å². The summed E-state index contributed by atoms with van der Waals surface area (Å²) in [6.45, 7) is 0.527. The third-order valence-corrected chi connectivity index (χ3v) is 4.07. The van der Waals surface area contributed by atoms with Crippen LogP contribution in [0, 0.1) is 5.41 Å². The maximum Gasteiger partial charge on any atom is 0.185 e. The number of nitrogens with one attached hydrogen (secondary N) is 2. The van der Waals surface area contributed by atoms with Crippen LogP contribution in [0.25, 0.3) is 0 Å². The molecule has 0 spiro atoms. The number of benzene rings is 1. The molecule has 1 aromatic rings. The summed E-state index contributed by atoms with van der Waals surface area (Å²) < 4.78 is 23.7. The fourth-order valence-electron chi connectivity index (χ4n) is 1.39. The van der Waals surface area contributed by atoms with Gasteiger partial charge in [0, 0.05) is 6.54 Å². The predicted molar refractivity (Wildman–Crippen MR) is 67.6 cm³/mol. The van der Waals surface area contributed by atoms with Crippen LogP contribution >= 0.6 is 0 Å². The minimum atomic E-state index is -3.17. The molecule has 17 heavy (non-hydrogen) atoms. The van der Waals surface area contributed by atoms with Crippen molar-refractivity contribution in [2.24, 2.45) is 5.73 Å². The van der Waals surface area contributed by atoms with Gasteiger partial charge in [0.15, 0.2) is 15.8 Å². The summed E-state index contributed by atoms with van der Waals surface area (Å²) in [5, 5.41) is 9.57. The van der Waals surface area contributed by atoms with Gasteiger partial charge in [-0.2, -0.15) is 0 Å². The molecule has 0 aromatic heterocycles. The number of hydrogen-bond donors (Lipinski definition) is 3. The minimum absolute atomic E-state index is 0.0871. The van der Waals surface area contributed by atoms with Gasteiger partial charge in [0.1, 0.15) is 0 Å². The maximum absolute atomic E-state index is 11.8. The largest absolute Gasteiger partial charge is 0.370 e. The Morgan fingerprint density at radius 2 is 1.88 bits per heavy atom. The number of nitrogens with two attached hydrogens (primary N) is 1. The molecule has 0 atom stereocenters. The molecule has 0 saturated carbocycles. The fourth-order valence-corrected chi connectivity index (χ4v) is 2.78. The second kappa shape index (κ2) is 6.24. The van der Waals surface area contributed by atoms with Gasteiger partial charge in [0.05, 0.1) is 10.6 Å².